The molecule has 1 aromatic rings. The molecule has 8 heteroatoms. The molecule has 4 aliphatic rings. The quantitative estimate of drug-likeness (QED) is 0.212. The molecular weight excluding hydrogens is 452 g/mol. The lowest BCUT2D eigenvalue weighted by Crippen LogP contribution is -2.40. The Morgan fingerprint density at radius 2 is 1.80 bits per heavy atom. The average Bonchev–Trinajstić information content (AvgIpc) is 3.62. The number of hydrogen-bond donors (Lipinski definition) is 0. The predicted molar refractivity (Wildman–Crippen MR) is 123 cm³/mol. The van der Waals surface area contributed by atoms with Gasteiger partial charge in [-0.05, 0) is 51.5 Å². The first kappa shape index (κ1) is 23.8. The molecule has 1 aromatic carbocycles. The summed E-state index contributed by atoms with van der Waals surface area (Å²) < 4.78 is 28.9. The summed E-state index contributed by atoms with van der Waals surface area (Å²) in [5.41, 5.74) is -0.197. The third-order valence-corrected chi connectivity index (χ3v) is 7.73. The van der Waals surface area contributed by atoms with E-state index in [1.165, 1.54) is 0 Å². The van der Waals surface area contributed by atoms with Crippen LogP contribution in [0.2, 0.25) is 0 Å². The number of esters is 3. The van der Waals surface area contributed by atoms with Crippen LogP contribution in [0.25, 0.3) is 0 Å². The summed E-state index contributed by atoms with van der Waals surface area (Å²) in [4.78, 5) is 38.2. The number of benzene rings is 1. The molecule has 3 heterocycles. The van der Waals surface area contributed by atoms with Gasteiger partial charge in [0, 0.05) is 18.4 Å². The predicted octanol–water partition coefficient (Wildman–Crippen LogP) is 3.30. The maximum absolute atomic E-state index is 12.9. The van der Waals surface area contributed by atoms with E-state index >= 15 is 0 Å². The summed E-state index contributed by atoms with van der Waals surface area (Å²) in [7, 11) is 0. The highest BCUT2D eigenvalue weighted by Crippen LogP contribution is 2.49. The number of fused-ring (bicyclic) bond motifs is 2. The van der Waals surface area contributed by atoms with Gasteiger partial charge in [0.2, 0.25) is 0 Å². The monoisotopic (exact) mass is 482 g/mol. The lowest BCUT2D eigenvalue weighted by atomic mass is 9.82. The topological polar surface area (TPSA) is 104 Å². The molecule has 8 nitrogen and oxygen atoms in total. The molecule has 0 spiro atoms. The summed E-state index contributed by atoms with van der Waals surface area (Å²) >= 11 is 0. The second-order valence-electron chi connectivity index (χ2n) is 10.3. The van der Waals surface area contributed by atoms with Crippen molar-refractivity contribution >= 4 is 17.9 Å². The van der Waals surface area contributed by atoms with Crippen molar-refractivity contribution in [1.82, 2.24) is 0 Å². The molecule has 0 amide bonds. The molecule has 0 N–H and O–H groups in total. The first-order chi connectivity index (χ1) is 16.5. The zero-order chi connectivity index (χ0) is 25.1. The molecule has 3 saturated heterocycles. The summed E-state index contributed by atoms with van der Waals surface area (Å²) in [5.74, 6) is -2.05. The Kier molecular flexibility index (Phi) is 5.64. The zero-order valence-corrected chi connectivity index (χ0v) is 20.3. The summed E-state index contributed by atoms with van der Waals surface area (Å²) in [6.45, 7) is 11.2. The second-order valence-corrected chi connectivity index (χ2v) is 10.3. The third-order valence-electron chi connectivity index (χ3n) is 7.73. The van der Waals surface area contributed by atoms with E-state index in [1.807, 2.05) is 26.8 Å². The fraction of sp³-hybridized carbons (Fsp3) is 0.519. The number of rotatable bonds is 4. The van der Waals surface area contributed by atoms with Crippen molar-refractivity contribution in [3.05, 3.63) is 59.7 Å². The van der Waals surface area contributed by atoms with Gasteiger partial charge in [-0.15, -0.1) is 0 Å². The van der Waals surface area contributed by atoms with Crippen LogP contribution in [0.1, 0.15) is 50.9 Å². The van der Waals surface area contributed by atoms with Crippen LogP contribution in [0.5, 0.6) is 0 Å². The molecule has 35 heavy (non-hydrogen) atoms. The molecule has 8 atom stereocenters. The van der Waals surface area contributed by atoms with Crippen molar-refractivity contribution in [1.29, 1.82) is 0 Å². The van der Waals surface area contributed by atoms with Crippen molar-refractivity contribution < 1.29 is 38.1 Å². The maximum atomic E-state index is 12.9. The highest BCUT2D eigenvalue weighted by Gasteiger charge is 2.61. The Bertz CT molecular complexity index is 1110. The zero-order valence-electron chi connectivity index (χ0n) is 20.3. The third kappa shape index (κ3) is 4.29. The Hall–Kier alpha value is -2.97. The van der Waals surface area contributed by atoms with Gasteiger partial charge in [-0.25, -0.2) is 14.4 Å². The fourth-order valence-corrected chi connectivity index (χ4v) is 5.05. The van der Waals surface area contributed by atoms with E-state index in [2.05, 4.69) is 6.58 Å². The number of carbonyl (C=O) groups is 3. The van der Waals surface area contributed by atoms with Crippen LogP contribution in [0.3, 0.4) is 0 Å². The Morgan fingerprint density at radius 3 is 2.46 bits per heavy atom. The minimum absolute atomic E-state index is 0.213. The molecule has 1 aliphatic carbocycles. The van der Waals surface area contributed by atoms with Crippen LogP contribution >= 0.6 is 0 Å². The van der Waals surface area contributed by atoms with Gasteiger partial charge in [0.1, 0.15) is 18.3 Å². The maximum Gasteiger partial charge on any atom is 0.341 e. The first-order valence-electron chi connectivity index (χ1n) is 11.9. The van der Waals surface area contributed by atoms with E-state index < -0.39 is 53.3 Å². The van der Waals surface area contributed by atoms with E-state index in [0.29, 0.717) is 18.4 Å². The molecular formula is C27H30O8. The smallest absolute Gasteiger partial charge is 0.341 e. The van der Waals surface area contributed by atoms with Crippen molar-refractivity contribution in [3.63, 3.8) is 0 Å². The number of carbonyl (C=O) groups excluding carboxylic acids is 3. The molecule has 186 valence electrons. The van der Waals surface area contributed by atoms with Gasteiger partial charge in [0.25, 0.3) is 0 Å². The molecule has 3 fully saturated rings. The summed E-state index contributed by atoms with van der Waals surface area (Å²) in [6, 6.07) is 8.77. The van der Waals surface area contributed by atoms with Crippen LogP contribution in [0.15, 0.2) is 54.1 Å². The van der Waals surface area contributed by atoms with Crippen molar-refractivity contribution in [2.24, 2.45) is 5.92 Å². The van der Waals surface area contributed by atoms with Gasteiger partial charge in [-0.3, -0.25) is 0 Å². The Balaban J connectivity index is 1.44. The molecule has 5 rings (SSSR count). The average molecular weight is 483 g/mol. The van der Waals surface area contributed by atoms with Gasteiger partial charge >= 0.3 is 17.9 Å². The van der Waals surface area contributed by atoms with Gasteiger partial charge in [0.05, 0.1) is 29.3 Å². The molecule has 0 radical (unpaired) electrons. The van der Waals surface area contributed by atoms with Crippen LogP contribution < -0.4 is 0 Å². The molecule has 0 aromatic heterocycles. The Labute approximate surface area is 204 Å². The minimum atomic E-state index is -0.997. The van der Waals surface area contributed by atoms with Gasteiger partial charge in [-0.1, -0.05) is 24.8 Å². The first-order valence-corrected chi connectivity index (χ1v) is 11.9. The SMILES string of the molecule is C=C1C(=O)O[C@@H]2/C=C(/C)[C@@H](OC(=O)c3ccccc3)C[C@H]3O[C@]3(C)C[C@@H](OC(=O)[C@]3(C)O[C@@H]3C)[C@@H]12. The van der Waals surface area contributed by atoms with E-state index in [-0.39, 0.29) is 17.8 Å². The summed E-state index contributed by atoms with van der Waals surface area (Å²) in [6.07, 6.45) is 0.124. The van der Waals surface area contributed by atoms with Crippen molar-refractivity contribution in [2.75, 3.05) is 0 Å². The van der Waals surface area contributed by atoms with Crippen LogP contribution in [0.4, 0.5) is 0 Å². The Morgan fingerprint density at radius 1 is 1.11 bits per heavy atom. The van der Waals surface area contributed by atoms with E-state index in [0.717, 1.165) is 5.57 Å². The van der Waals surface area contributed by atoms with Gasteiger partial charge in [-0.2, -0.15) is 0 Å². The lowest BCUT2D eigenvalue weighted by Gasteiger charge is -2.30. The second kappa shape index (κ2) is 8.31. The fourth-order valence-electron chi connectivity index (χ4n) is 5.05. The van der Waals surface area contributed by atoms with Crippen LogP contribution in [0, 0.1) is 5.92 Å². The van der Waals surface area contributed by atoms with Crippen LogP contribution in [-0.4, -0.2) is 59.6 Å². The molecule has 0 bridgehead atoms. The summed E-state index contributed by atoms with van der Waals surface area (Å²) in [5, 5.41) is 0. The lowest BCUT2D eigenvalue weighted by molar-refractivity contribution is -0.159. The number of ether oxygens (including phenoxy) is 5. The van der Waals surface area contributed by atoms with Gasteiger partial charge in [0.15, 0.2) is 5.60 Å². The highest BCUT2D eigenvalue weighted by atomic mass is 16.7. The van der Waals surface area contributed by atoms with E-state index in [1.54, 1.807) is 37.3 Å². The minimum Gasteiger partial charge on any atom is -0.459 e. The standard InChI is InChI=1S/C27H30O8/c1-14-11-19-22(15(2)23(28)32-19)20(33-25(30)27(5)16(3)34-27)13-26(4)21(35-26)12-18(14)31-24(29)17-9-7-6-8-10-17/h6-11,16,18-22H,2,12-13H2,1,3-5H3/b14-11-/t16-,18+,19-,20-,21-,22+,26-,27-/m1/s1. The largest absolute Gasteiger partial charge is 0.459 e. The number of epoxide rings is 2. The normalized spacial score (nSPS) is 41.4. The number of hydrogen-bond acceptors (Lipinski definition) is 8. The van der Waals surface area contributed by atoms with Crippen LogP contribution in [-0.2, 0) is 33.3 Å². The van der Waals surface area contributed by atoms with Crippen molar-refractivity contribution in [3.8, 4) is 0 Å². The molecule has 0 saturated carbocycles. The van der Waals surface area contributed by atoms with E-state index in [4.69, 9.17) is 23.7 Å². The van der Waals surface area contributed by atoms with Crippen molar-refractivity contribution in [2.45, 2.75) is 82.3 Å². The van der Waals surface area contributed by atoms with E-state index in [9.17, 15) is 14.4 Å². The molecule has 3 aliphatic heterocycles. The highest BCUT2D eigenvalue weighted by molar-refractivity contribution is 5.91. The van der Waals surface area contributed by atoms with Gasteiger partial charge < -0.3 is 23.7 Å². The molecule has 0 unspecified atom stereocenters.